The molecule has 2 rings (SSSR count). The average Bonchev–Trinajstić information content (AvgIpc) is 2.91. The fraction of sp³-hybridized carbons (Fsp3) is 0.714. The van der Waals surface area contributed by atoms with Crippen molar-refractivity contribution in [2.45, 2.75) is 30.6 Å². The van der Waals surface area contributed by atoms with Crippen molar-refractivity contribution in [3.8, 4) is 0 Å². The van der Waals surface area contributed by atoms with Crippen LogP contribution in [0.5, 0.6) is 0 Å². The zero-order valence-corrected chi connectivity index (χ0v) is 12.2. The standard InChI is InChI=1S/C14H24N2O2S/c17-14(5-2-6-15-11-14)12-16-7-3-9-19-10-13-4-1-8-18-13/h1,4,8,15-17H,2-3,5-7,9-12H2/t14-/m1/s1. The largest absolute Gasteiger partial charge is 0.468 e. The maximum Gasteiger partial charge on any atom is 0.113 e. The van der Waals surface area contributed by atoms with E-state index in [0.717, 1.165) is 49.6 Å². The van der Waals surface area contributed by atoms with Crippen molar-refractivity contribution in [3.63, 3.8) is 0 Å². The molecule has 3 N–H and O–H groups in total. The van der Waals surface area contributed by atoms with Gasteiger partial charge < -0.3 is 20.2 Å². The average molecular weight is 284 g/mol. The van der Waals surface area contributed by atoms with Crippen LogP contribution in [0.2, 0.25) is 0 Å². The number of hydrogen-bond donors (Lipinski definition) is 3. The van der Waals surface area contributed by atoms with E-state index in [1.54, 1.807) is 6.26 Å². The Morgan fingerprint density at radius 2 is 2.47 bits per heavy atom. The maximum absolute atomic E-state index is 10.3. The quantitative estimate of drug-likeness (QED) is 0.633. The zero-order valence-electron chi connectivity index (χ0n) is 11.4. The molecule has 0 aliphatic carbocycles. The fourth-order valence-electron chi connectivity index (χ4n) is 2.29. The SMILES string of the molecule is O[C@]1(CNCCCSCc2ccco2)CCCNC1. The molecule has 1 atom stereocenters. The number of hydrogen-bond acceptors (Lipinski definition) is 5. The molecule has 0 unspecified atom stereocenters. The summed E-state index contributed by atoms with van der Waals surface area (Å²) in [5, 5.41) is 16.9. The topological polar surface area (TPSA) is 57.4 Å². The summed E-state index contributed by atoms with van der Waals surface area (Å²) in [5.74, 6) is 3.10. The predicted octanol–water partition coefficient (Wildman–Crippen LogP) is 1.61. The number of β-amino-alcohol motifs (C(OH)–C–C–N with tert-alkyl or cyclic N) is 1. The van der Waals surface area contributed by atoms with Gasteiger partial charge in [0.2, 0.25) is 0 Å². The van der Waals surface area contributed by atoms with E-state index in [4.69, 9.17) is 4.42 Å². The first-order valence-electron chi connectivity index (χ1n) is 7.02. The van der Waals surface area contributed by atoms with E-state index < -0.39 is 5.60 Å². The second-order valence-corrected chi connectivity index (χ2v) is 6.27. The summed E-state index contributed by atoms with van der Waals surface area (Å²) in [6.45, 7) is 3.41. The van der Waals surface area contributed by atoms with E-state index in [9.17, 15) is 5.11 Å². The Balaban J connectivity index is 1.45. The number of nitrogens with one attached hydrogen (secondary N) is 2. The van der Waals surface area contributed by atoms with Crippen LogP contribution >= 0.6 is 11.8 Å². The molecule has 2 heterocycles. The highest BCUT2D eigenvalue weighted by molar-refractivity contribution is 7.98. The number of furan rings is 1. The first kappa shape index (κ1) is 14.9. The molecular weight excluding hydrogens is 260 g/mol. The normalized spacial score (nSPS) is 23.6. The lowest BCUT2D eigenvalue weighted by Gasteiger charge is -2.32. The van der Waals surface area contributed by atoms with Gasteiger partial charge in [-0.05, 0) is 50.2 Å². The van der Waals surface area contributed by atoms with Gasteiger partial charge in [-0.15, -0.1) is 0 Å². The van der Waals surface area contributed by atoms with Crippen molar-refractivity contribution in [1.29, 1.82) is 0 Å². The number of rotatable bonds is 8. The second-order valence-electron chi connectivity index (χ2n) is 5.17. The fourth-order valence-corrected chi connectivity index (χ4v) is 3.15. The highest BCUT2D eigenvalue weighted by Crippen LogP contribution is 2.15. The monoisotopic (exact) mass is 284 g/mol. The van der Waals surface area contributed by atoms with Gasteiger partial charge >= 0.3 is 0 Å². The van der Waals surface area contributed by atoms with E-state index in [0.29, 0.717) is 13.1 Å². The highest BCUT2D eigenvalue weighted by Gasteiger charge is 2.28. The molecule has 1 fully saturated rings. The van der Waals surface area contributed by atoms with E-state index >= 15 is 0 Å². The summed E-state index contributed by atoms with van der Waals surface area (Å²) >= 11 is 1.89. The van der Waals surface area contributed by atoms with Gasteiger partial charge in [0.15, 0.2) is 0 Å². The predicted molar refractivity (Wildman–Crippen MR) is 79.4 cm³/mol. The van der Waals surface area contributed by atoms with Crippen LogP contribution in [0.3, 0.4) is 0 Å². The van der Waals surface area contributed by atoms with Crippen molar-refractivity contribution in [2.24, 2.45) is 0 Å². The summed E-state index contributed by atoms with van der Waals surface area (Å²) in [6, 6.07) is 3.94. The molecule has 0 amide bonds. The molecule has 1 aromatic rings. The van der Waals surface area contributed by atoms with Crippen LogP contribution in [0.1, 0.15) is 25.0 Å². The molecule has 5 heteroatoms. The number of piperidine rings is 1. The minimum Gasteiger partial charge on any atom is -0.468 e. The minimum absolute atomic E-state index is 0.542. The number of aliphatic hydroxyl groups is 1. The molecule has 0 aromatic carbocycles. The van der Waals surface area contributed by atoms with Crippen molar-refractivity contribution in [3.05, 3.63) is 24.2 Å². The third kappa shape index (κ3) is 5.57. The van der Waals surface area contributed by atoms with Crippen LogP contribution in [0.4, 0.5) is 0 Å². The van der Waals surface area contributed by atoms with Crippen LogP contribution in [-0.2, 0) is 5.75 Å². The van der Waals surface area contributed by atoms with E-state index in [1.165, 1.54) is 0 Å². The Kier molecular flexibility index (Phi) is 6.23. The molecule has 1 aromatic heterocycles. The molecule has 1 aliphatic heterocycles. The molecule has 0 saturated carbocycles. The van der Waals surface area contributed by atoms with Gasteiger partial charge in [-0.1, -0.05) is 0 Å². The van der Waals surface area contributed by atoms with E-state index in [1.807, 2.05) is 23.9 Å². The zero-order chi connectivity index (χ0) is 13.4. The third-order valence-electron chi connectivity index (χ3n) is 3.37. The van der Waals surface area contributed by atoms with Gasteiger partial charge in [-0.2, -0.15) is 11.8 Å². The summed E-state index contributed by atoms with van der Waals surface area (Å²) in [4.78, 5) is 0. The second kappa shape index (κ2) is 7.94. The Labute approximate surface area is 119 Å². The van der Waals surface area contributed by atoms with Crippen LogP contribution in [0, 0.1) is 0 Å². The van der Waals surface area contributed by atoms with Crippen LogP contribution < -0.4 is 10.6 Å². The molecule has 1 saturated heterocycles. The Bertz CT molecular complexity index is 337. The van der Waals surface area contributed by atoms with Gasteiger partial charge in [-0.3, -0.25) is 0 Å². The highest BCUT2D eigenvalue weighted by atomic mass is 32.2. The first-order valence-corrected chi connectivity index (χ1v) is 8.18. The third-order valence-corrected chi connectivity index (χ3v) is 4.44. The Morgan fingerprint density at radius 1 is 1.53 bits per heavy atom. The molecule has 19 heavy (non-hydrogen) atoms. The van der Waals surface area contributed by atoms with Crippen molar-refractivity contribution < 1.29 is 9.52 Å². The van der Waals surface area contributed by atoms with Crippen LogP contribution in [0.25, 0.3) is 0 Å². The molecule has 4 nitrogen and oxygen atoms in total. The lowest BCUT2D eigenvalue weighted by Crippen LogP contribution is -2.52. The summed E-state index contributed by atoms with van der Waals surface area (Å²) < 4.78 is 5.28. The molecule has 0 radical (unpaired) electrons. The lowest BCUT2D eigenvalue weighted by molar-refractivity contribution is 0.0174. The van der Waals surface area contributed by atoms with Gasteiger partial charge in [0, 0.05) is 13.1 Å². The Hall–Kier alpha value is -0.490. The first-order chi connectivity index (χ1) is 9.29. The molecule has 0 spiro atoms. The Morgan fingerprint density at radius 3 is 3.21 bits per heavy atom. The van der Waals surface area contributed by atoms with E-state index in [2.05, 4.69) is 10.6 Å². The summed E-state index contributed by atoms with van der Waals surface area (Å²) in [6.07, 6.45) is 4.81. The van der Waals surface area contributed by atoms with Crippen molar-refractivity contribution in [2.75, 3.05) is 31.9 Å². The summed E-state index contributed by atoms with van der Waals surface area (Å²) in [7, 11) is 0. The maximum atomic E-state index is 10.3. The minimum atomic E-state index is -0.542. The molecule has 0 bridgehead atoms. The molecule has 108 valence electrons. The van der Waals surface area contributed by atoms with E-state index in [-0.39, 0.29) is 0 Å². The molecule has 1 aliphatic rings. The number of thioether (sulfide) groups is 1. The van der Waals surface area contributed by atoms with Gasteiger partial charge in [-0.25, -0.2) is 0 Å². The smallest absolute Gasteiger partial charge is 0.113 e. The van der Waals surface area contributed by atoms with Gasteiger partial charge in [0.1, 0.15) is 5.76 Å². The van der Waals surface area contributed by atoms with Gasteiger partial charge in [0.25, 0.3) is 0 Å². The van der Waals surface area contributed by atoms with Gasteiger partial charge in [0.05, 0.1) is 17.6 Å². The van der Waals surface area contributed by atoms with Crippen LogP contribution in [-0.4, -0.2) is 42.6 Å². The summed E-state index contributed by atoms with van der Waals surface area (Å²) in [5.41, 5.74) is -0.542. The van der Waals surface area contributed by atoms with Crippen LogP contribution in [0.15, 0.2) is 22.8 Å². The molecular formula is C14H24N2O2S. The van der Waals surface area contributed by atoms with Crippen molar-refractivity contribution >= 4 is 11.8 Å². The lowest BCUT2D eigenvalue weighted by atomic mass is 9.94. The van der Waals surface area contributed by atoms with Crippen molar-refractivity contribution in [1.82, 2.24) is 10.6 Å².